The lowest BCUT2D eigenvalue weighted by atomic mass is 9.41. The minimum atomic E-state index is -1.14. The molecule has 0 aromatic rings. The van der Waals surface area contributed by atoms with E-state index in [1.807, 2.05) is 6.92 Å². The maximum Gasteiger partial charge on any atom is 0.307 e. The third kappa shape index (κ3) is 2.02. The van der Waals surface area contributed by atoms with Crippen LogP contribution in [-0.4, -0.2) is 62.1 Å². The maximum atomic E-state index is 12.5. The number of carbonyl (C=O) groups excluding carboxylic acids is 1. The van der Waals surface area contributed by atoms with Crippen molar-refractivity contribution >= 4 is 17.7 Å². The summed E-state index contributed by atoms with van der Waals surface area (Å²) in [5, 5.41) is 31.0. The van der Waals surface area contributed by atoms with Crippen LogP contribution in [0.2, 0.25) is 0 Å². The van der Waals surface area contributed by atoms with Gasteiger partial charge in [-0.15, -0.1) is 0 Å². The van der Waals surface area contributed by atoms with Gasteiger partial charge in [0.05, 0.1) is 17.6 Å². The second kappa shape index (κ2) is 5.51. The van der Waals surface area contributed by atoms with E-state index in [4.69, 9.17) is 9.47 Å². The third-order valence-electron chi connectivity index (χ3n) is 10.7. The highest BCUT2D eigenvalue weighted by molar-refractivity contribution is 5.89. The van der Waals surface area contributed by atoms with Crippen molar-refractivity contribution < 1.29 is 39.2 Å². The minimum absolute atomic E-state index is 0.0678. The van der Waals surface area contributed by atoms with Gasteiger partial charge in [0, 0.05) is 29.6 Å². The number of hydrogen-bond donors (Lipinski definition) is 3. The molecule has 0 bridgehead atoms. The highest BCUT2D eigenvalue weighted by Crippen LogP contribution is 2.81. The zero-order chi connectivity index (χ0) is 22.2. The lowest BCUT2D eigenvalue weighted by Gasteiger charge is -2.59. The summed E-state index contributed by atoms with van der Waals surface area (Å²) >= 11 is 0. The normalized spacial score (nSPS) is 58.3. The number of carbonyl (C=O) groups is 3. The van der Waals surface area contributed by atoms with Crippen molar-refractivity contribution in [3.8, 4) is 0 Å². The number of hydrogen-bond acceptors (Lipinski definition) is 6. The van der Waals surface area contributed by atoms with Crippen molar-refractivity contribution in [3.63, 3.8) is 0 Å². The number of epoxide rings is 2. The first-order valence-corrected chi connectivity index (χ1v) is 11.5. The zero-order valence-corrected chi connectivity index (χ0v) is 17.9. The minimum Gasteiger partial charge on any atom is -0.481 e. The van der Waals surface area contributed by atoms with E-state index in [-0.39, 0.29) is 36.6 Å². The van der Waals surface area contributed by atoms with Crippen LogP contribution in [-0.2, 0) is 23.9 Å². The summed E-state index contributed by atoms with van der Waals surface area (Å²) in [6, 6.07) is 0. The van der Waals surface area contributed by atoms with Crippen LogP contribution in [0.25, 0.3) is 0 Å². The van der Waals surface area contributed by atoms with E-state index in [1.165, 1.54) is 0 Å². The van der Waals surface area contributed by atoms with Crippen molar-refractivity contribution in [2.45, 2.75) is 94.2 Å². The maximum absolute atomic E-state index is 12.5. The Labute approximate surface area is 180 Å². The van der Waals surface area contributed by atoms with Gasteiger partial charge in [-0.3, -0.25) is 14.4 Å². The molecule has 0 amide bonds. The number of carboxylic acid groups (broad SMARTS) is 2. The fraction of sp³-hybridized carbons (Fsp3) is 0.870. The molecule has 0 aromatic heterocycles. The molecular formula is C23H30O8. The van der Waals surface area contributed by atoms with Crippen LogP contribution in [0.15, 0.2) is 0 Å². The number of rotatable bonds is 4. The van der Waals surface area contributed by atoms with Gasteiger partial charge in [0.2, 0.25) is 0 Å². The van der Waals surface area contributed by atoms with E-state index in [1.54, 1.807) is 0 Å². The molecule has 2 spiro atoms. The molecule has 4 unspecified atom stereocenters. The van der Waals surface area contributed by atoms with Crippen LogP contribution in [0.3, 0.4) is 0 Å². The summed E-state index contributed by atoms with van der Waals surface area (Å²) in [6.45, 7) is 4.13. The summed E-state index contributed by atoms with van der Waals surface area (Å²) in [5.41, 5.74) is -3.56. The van der Waals surface area contributed by atoms with Crippen LogP contribution in [0, 0.1) is 28.6 Å². The molecule has 2 saturated heterocycles. The van der Waals surface area contributed by atoms with Gasteiger partial charge in [-0.2, -0.15) is 0 Å². The first-order chi connectivity index (χ1) is 14.5. The zero-order valence-electron chi connectivity index (χ0n) is 17.9. The highest BCUT2D eigenvalue weighted by atomic mass is 16.6. The first kappa shape index (κ1) is 20.1. The Morgan fingerprint density at radius 3 is 2.55 bits per heavy atom. The van der Waals surface area contributed by atoms with Crippen LogP contribution in [0.4, 0.5) is 0 Å². The molecule has 8 nitrogen and oxygen atoms in total. The Kier molecular flexibility index (Phi) is 3.58. The average molecular weight is 434 g/mol. The molecule has 6 fully saturated rings. The highest BCUT2D eigenvalue weighted by Gasteiger charge is 2.90. The molecule has 170 valence electrons. The van der Waals surface area contributed by atoms with E-state index < -0.39 is 51.6 Å². The largest absolute Gasteiger partial charge is 0.481 e. The lowest BCUT2D eigenvalue weighted by molar-refractivity contribution is -0.178. The summed E-state index contributed by atoms with van der Waals surface area (Å²) in [5.74, 6) is -2.82. The Balaban J connectivity index is 1.43. The molecule has 4 aliphatic carbocycles. The summed E-state index contributed by atoms with van der Waals surface area (Å²) in [7, 11) is 0. The molecule has 8 heteroatoms. The molecule has 0 aromatic carbocycles. The quantitative estimate of drug-likeness (QED) is 0.569. The predicted molar refractivity (Wildman–Crippen MR) is 104 cm³/mol. The van der Waals surface area contributed by atoms with Gasteiger partial charge >= 0.3 is 11.9 Å². The second-order valence-electron chi connectivity index (χ2n) is 11.5. The predicted octanol–water partition coefficient (Wildman–Crippen LogP) is 1.77. The van der Waals surface area contributed by atoms with Gasteiger partial charge in [0.1, 0.15) is 17.3 Å². The van der Waals surface area contributed by atoms with Gasteiger partial charge in [0.15, 0.2) is 5.78 Å². The molecular weight excluding hydrogens is 404 g/mol. The lowest BCUT2D eigenvalue weighted by Crippen LogP contribution is -2.68. The van der Waals surface area contributed by atoms with Crippen molar-refractivity contribution in [1.82, 2.24) is 0 Å². The van der Waals surface area contributed by atoms with Gasteiger partial charge in [-0.1, -0.05) is 13.8 Å². The van der Waals surface area contributed by atoms with Crippen molar-refractivity contribution in [2.75, 3.05) is 0 Å². The second-order valence-corrected chi connectivity index (χ2v) is 11.5. The van der Waals surface area contributed by atoms with Gasteiger partial charge in [-0.25, -0.2) is 0 Å². The Morgan fingerprint density at radius 2 is 1.87 bits per heavy atom. The molecule has 6 aliphatic rings. The molecule has 4 saturated carbocycles. The molecule has 6 rings (SSSR count). The van der Waals surface area contributed by atoms with Crippen molar-refractivity contribution in [1.29, 1.82) is 0 Å². The van der Waals surface area contributed by atoms with Crippen LogP contribution in [0.1, 0.15) is 65.2 Å². The number of Topliss-reactive ketones (excluding diaryl/α,β-unsaturated/α-hetero) is 1. The van der Waals surface area contributed by atoms with Crippen LogP contribution >= 0.6 is 0 Å². The van der Waals surface area contributed by atoms with Crippen LogP contribution in [0.5, 0.6) is 0 Å². The Morgan fingerprint density at radius 1 is 1.13 bits per heavy atom. The van der Waals surface area contributed by atoms with Gasteiger partial charge < -0.3 is 24.8 Å². The average Bonchev–Trinajstić information content (AvgIpc) is 3.58. The topological polar surface area (TPSA) is 137 Å². The first-order valence-electron chi connectivity index (χ1n) is 11.5. The molecule has 31 heavy (non-hydrogen) atoms. The molecule has 2 aliphatic heterocycles. The number of fused-ring (bicyclic) bond motifs is 2. The molecule has 2 heterocycles. The molecule has 0 radical (unpaired) electrons. The Bertz CT molecular complexity index is 917. The van der Waals surface area contributed by atoms with E-state index in [9.17, 15) is 29.7 Å². The van der Waals surface area contributed by atoms with E-state index >= 15 is 0 Å². The Hall–Kier alpha value is -1.51. The van der Waals surface area contributed by atoms with Crippen molar-refractivity contribution in [3.05, 3.63) is 0 Å². The van der Waals surface area contributed by atoms with Gasteiger partial charge in [-0.05, 0) is 44.4 Å². The van der Waals surface area contributed by atoms with Crippen LogP contribution < -0.4 is 0 Å². The molecule has 10 atom stereocenters. The monoisotopic (exact) mass is 434 g/mol. The third-order valence-corrected chi connectivity index (χ3v) is 10.7. The smallest absolute Gasteiger partial charge is 0.307 e. The summed E-state index contributed by atoms with van der Waals surface area (Å²) < 4.78 is 12.5. The fourth-order valence-electron chi connectivity index (χ4n) is 9.03. The van der Waals surface area contributed by atoms with E-state index in [0.29, 0.717) is 38.5 Å². The number of ketones is 1. The van der Waals surface area contributed by atoms with Crippen molar-refractivity contribution in [2.24, 2.45) is 28.6 Å². The van der Waals surface area contributed by atoms with Gasteiger partial charge in [0.25, 0.3) is 0 Å². The fourth-order valence-corrected chi connectivity index (χ4v) is 9.03. The van der Waals surface area contributed by atoms with E-state index in [0.717, 1.165) is 0 Å². The summed E-state index contributed by atoms with van der Waals surface area (Å²) in [6.07, 6.45) is 2.43. The number of aliphatic hydroxyl groups is 1. The molecule has 3 N–H and O–H groups in total. The van der Waals surface area contributed by atoms with E-state index in [2.05, 4.69) is 6.92 Å². The number of aliphatic carboxylic acids is 2. The number of ether oxygens (including phenoxy) is 2. The summed E-state index contributed by atoms with van der Waals surface area (Å²) in [4.78, 5) is 36.2. The number of carboxylic acids is 2. The standard InChI is InChI=1S/C23H30O8/c1-19-10-14-23(30-14)16(12(19)3-7-21(19,29)8-5-15(25)26)11(18(27)28)9-22-17(31-22)13(24)4-6-20(22,23)2/h11-12,14,16-17,29H,3-10H2,1-2H3,(H,25,26)(H,27,28)/t11?,12-,14?,16-,17?,19-,20-,21-,22?,23+/m0/s1. The SMILES string of the molecule is C[C@]12CC3O[C@@]34[C@@H](C(C(=O)O)CC35OC3C(=O)CC[C@@]54C)[C@@H]1CC[C@]2(O)CCC(=O)O.